The molecule has 0 bridgehead atoms. The van der Waals surface area contributed by atoms with Gasteiger partial charge in [-0.1, -0.05) is 30.3 Å². The lowest BCUT2D eigenvalue weighted by molar-refractivity contribution is 0.414. The quantitative estimate of drug-likeness (QED) is 0.607. The number of nitrogens with zero attached hydrogens (tertiary/aromatic N) is 4. The van der Waals surface area contributed by atoms with E-state index in [4.69, 9.17) is 9.97 Å². The van der Waals surface area contributed by atoms with Gasteiger partial charge in [-0.2, -0.15) is 5.10 Å². The summed E-state index contributed by atoms with van der Waals surface area (Å²) in [7, 11) is 6.00. The van der Waals surface area contributed by atoms with Crippen molar-refractivity contribution in [2.75, 3.05) is 38.3 Å². The van der Waals surface area contributed by atoms with Gasteiger partial charge < -0.3 is 15.5 Å². The summed E-state index contributed by atoms with van der Waals surface area (Å²) in [5.41, 5.74) is 3.01. The summed E-state index contributed by atoms with van der Waals surface area (Å²) in [6, 6.07) is 11.9. The minimum atomic E-state index is 0.679. The van der Waals surface area contributed by atoms with Gasteiger partial charge in [0.2, 0.25) is 0 Å². The highest BCUT2D eigenvalue weighted by Gasteiger charge is 2.16. The molecule has 0 amide bonds. The molecule has 0 fully saturated rings. The number of nitrogens with one attached hydrogen (secondary N) is 3. The monoisotopic (exact) mass is 351 g/mol. The van der Waals surface area contributed by atoms with Crippen molar-refractivity contribution in [1.29, 1.82) is 0 Å². The summed E-state index contributed by atoms with van der Waals surface area (Å²) in [5.74, 6) is 3.03. The predicted octanol–water partition coefficient (Wildman–Crippen LogP) is 3.06. The third-order valence-corrected chi connectivity index (χ3v) is 4.04. The third kappa shape index (κ3) is 4.18. The van der Waals surface area contributed by atoms with Crippen LogP contribution in [0.25, 0.3) is 11.4 Å². The van der Waals surface area contributed by atoms with Gasteiger partial charge in [-0.05, 0) is 27.4 Å². The summed E-state index contributed by atoms with van der Waals surface area (Å²) in [6.07, 6.45) is 0.823. The van der Waals surface area contributed by atoms with E-state index in [9.17, 15) is 0 Å². The molecule has 3 aromatic rings. The second kappa shape index (κ2) is 7.97. The molecule has 0 radical (unpaired) electrons. The topological polar surface area (TPSA) is 81.8 Å². The number of rotatable bonds is 7. The van der Waals surface area contributed by atoms with Crippen LogP contribution in [-0.4, -0.2) is 52.8 Å². The van der Waals surface area contributed by atoms with Crippen LogP contribution in [-0.2, 0) is 6.42 Å². The van der Waals surface area contributed by atoms with Crippen molar-refractivity contribution in [3.05, 3.63) is 47.7 Å². The third-order valence-electron chi connectivity index (χ3n) is 4.04. The Morgan fingerprint density at radius 3 is 2.42 bits per heavy atom. The number of likely N-dealkylation sites (N-methyl/N-ethyl adjacent to an activating group) is 1. The standard InChI is InChI=1S/C19H25N7/c1-13-12-16(25-24-13)21-19-15(10-11-26(3)4)18(20-2)22-17(23-19)14-8-6-5-7-9-14/h5-9,12H,10-11H2,1-4H3,(H3,20,21,22,23,24,25). The summed E-state index contributed by atoms with van der Waals surface area (Å²) < 4.78 is 0. The van der Waals surface area contributed by atoms with E-state index in [1.165, 1.54) is 0 Å². The molecule has 7 heteroatoms. The average molecular weight is 351 g/mol. The fraction of sp³-hybridized carbons (Fsp3) is 0.316. The smallest absolute Gasteiger partial charge is 0.163 e. The second-order valence-corrected chi connectivity index (χ2v) is 6.45. The van der Waals surface area contributed by atoms with Gasteiger partial charge in [0, 0.05) is 36.5 Å². The Bertz CT molecular complexity index is 856. The first-order valence-electron chi connectivity index (χ1n) is 8.64. The van der Waals surface area contributed by atoms with Crippen LogP contribution in [0.4, 0.5) is 17.5 Å². The van der Waals surface area contributed by atoms with Gasteiger partial charge >= 0.3 is 0 Å². The van der Waals surface area contributed by atoms with E-state index in [1.54, 1.807) is 0 Å². The Labute approximate surface area is 153 Å². The minimum Gasteiger partial charge on any atom is -0.373 e. The number of hydrogen-bond acceptors (Lipinski definition) is 6. The number of benzene rings is 1. The molecule has 0 saturated carbocycles. The van der Waals surface area contributed by atoms with E-state index in [0.29, 0.717) is 5.82 Å². The molecule has 0 spiro atoms. The maximum absolute atomic E-state index is 4.80. The Kier molecular flexibility index (Phi) is 5.48. The fourth-order valence-corrected chi connectivity index (χ4v) is 2.69. The Balaban J connectivity index is 2.05. The number of aromatic nitrogens is 4. The maximum Gasteiger partial charge on any atom is 0.163 e. The summed E-state index contributed by atoms with van der Waals surface area (Å²) >= 11 is 0. The first-order valence-corrected chi connectivity index (χ1v) is 8.64. The molecule has 2 heterocycles. The Morgan fingerprint density at radius 1 is 1.08 bits per heavy atom. The number of hydrogen-bond donors (Lipinski definition) is 3. The Morgan fingerprint density at radius 2 is 1.81 bits per heavy atom. The molecule has 3 N–H and O–H groups in total. The summed E-state index contributed by atoms with van der Waals surface area (Å²) in [5, 5.41) is 13.8. The van der Waals surface area contributed by atoms with Gasteiger partial charge in [-0.3, -0.25) is 5.10 Å². The average Bonchev–Trinajstić information content (AvgIpc) is 3.05. The molecule has 0 atom stereocenters. The largest absolute Gasteiger partial charge is 0.373 e. The molecule has 136 valence electrons. The molecule has 0 aliphatic carbocycles. The van der Waals surface area contributed by atoms with Crippen LogP contribution in [0.5, 0.6) is 0 Å². The summed E-state index contributed by atoms with van der Waals surface area (Å²) in [4.78, 5) is 11.7. The molecule has 0 aliphatic heterocycles. The van der Waals surface area contributed by atoms with Gasteiger partial charge in [0.05, 0.1) is 0 Å². The zero-order chi connectivity index (χ0) is 18.5. The van der Waals surface area contributed by atoms with E-state index in [2.05, 4.69) is 39.8 Å². The highest BCUT2D eigenvalue weighted by atomic mass is 15.2. The highest BCUT2D eigenvalue weighted by Crippen LogP contribution is 2.28. The van der Waals surface area contributed by atoms with Crippen LogP contribution in [0.1, 0.15) is 11.3 Å². The SMILES string of the molecule is CNc1nc(-c2ccccc2)nc(Nc2cc(C)[nH]n2)c1CCN(C)C. The number of aryl methyl sites for hydroxylation is 1. The van der Waals surface area contributed by atoms with Crippen LogP contribution in [0.3, 0.4) is 0 Å². The first kappa shape index (κ1) is 17.9. The molecule has 1 aromatic carbocycles. The van der Waals surface area contributed by atoms with Gasteiger partial charge in [-0.15, -0.1) is 0 Å². The Hall–Kier alpha value is -2.93. The molecule has 0 saturated heterocycles. The van der Waals surface area contributed by atoms with Crippen LogP contribution in [0, 0.1) is 6.92 Å². The minimum absolute atomic E-state index is 0.679. The molecule has 2 aromatic heterocycles. The van der Waals surface area contributed by atoms with E-state index in [-0.39, 0.29) is 0 Å². The number of aromatic amines is 1. The first-order chi connectivity index (χ1) is 12.6. The van der Waals surface area contributed by atoms with Crippen molar-refractivity contribution in [2.45, 2.75) is 13.3 Å². The lowest BCUT2D eigenvalue weighted by atomic mass is 10.1. The number of H-pyrrole nitrogens is 1. The summed E-state index contributed by atoms with van der Waals surface area (Å²) in [6.45, 7) is 2.87. The van der Waals surface area contributed by atoms with Crippen molar-refractivity contribution in [1.82, 2.24) is 25.1 Å². The molecule has 7 nitrogen and oxygen atoms in total. The van der Waals surface area contributed by atoms with Crippen LogP contribution in [0.15, 0.2) is 36.4 Å². The van der Waals surface area contributed by atoms with E-state index in [0.717, 1.165) is 47.2 Å². The van der Waals surface area contributed by atoms with Gasteiger partial charge in [0.25, 0.3) is 0 Å². The molecule has 3 rings (SSSR count). The van der Waals surface area contributed by atoms with Gasteiger partial charge in [-0.25, -0.2) is 9.97 Å². The zero-order valence-corrected chi connectivity index (χ0v) is 15.7. The van der Waals surface area contributed by atoms with E-state index >= 15 is 0 Å². The van der Waals surface area contributed by atoms with Crippen LogP contribution >= 0.6 is 0 Å². The van der Waals surface area contributed by atoms with Crippen molar-refractivity contribution in [3.63, 3.8) is 0 Å². The van der Waals surface area contributed by atoms with Gasteiger partial charge in [0.1, 0.15) is 11.6 Å². The highest BCUT2D eigenvalue weighted by molar-refractivity contribution is 5.68. The van der Waals surface area contributed by atoms with Crippen LogP contribution in [0.2, 0.25) is 0 Å². The predicted molar refractivity (Wildman–Crippen MR) is 106 cm³/mol. The zero-order valence-electron chi connectivity index (χ0n) is 15.7. The number of anilines is 3. The molecular formula is C19H25N7. The van der Waals surface area contributed by atoms with Crippen molar-refractivity contribution in [2.24, 2.45) is 0 Å². The fourth-order valence-electron chi connectivity index (χ4n) is 2.69. The molecular weight excluding hydrogens is 326 g/mol. The normalized spacial score (nSPS) is 11.0. The molecule has 0 aliphatic rings. The lowest BCUT2D eigenvalue weighted by Crippen LogP contribution is -2.17. The van der Waals surface area contributed by atoms with Crippen LogP contribution < -0.4 is 10.6 Å². The van der Waals surface area contributed by atoms with Crippen molar-refractivity contribution >= 4 is 17.5 Å². The van der Waals surface area contributed by atoms with Crippen molar-refractivity contribution in [3.8, 4) is 11.4 Å². The van der Waals surface area contributed by atoms with E-state index in [1.807, 2.05) is 50.4 Å². The van der Waals surface area contributed by atoms with Crippen molar-refractivity contribution < 1.29 is 0 Å². The van der Waals surface area contributed by atoms with E-state index < -0.39 is 0 Å². The molecule has 26 heavy (non-hydrogen) atoms. The lowest BCUT2D eigenvalue weighted by Gasteiger charge is -2.17. The van der Waals surface area contributed by atoms with Gasteiger partial charge in [0.15, 0.2) is 11.6 Å². The molecule has 0 unspecified atom stereocenters. The maximum atomic E-state index is 4.80. The second-order valence-electron chi connectivity index (χ2n) is 6.45.